The Morgan fingerprint density at radius 3 is 3.21 bits per heavy atom. The summed E-state index contributed by atoms with van der Waals surface area (Å²) in [6, 6.07) is 0.410. The molecular formula is C12H18N6O. The van der Waals surface area contributed by atoms with Crippen LogP contribution in [0.1, 0.15) is 25.7 Å². The van der Waals surface area contributed by atoms with Gasteiger partial charge in [0.25, 0.3) is 0 Å². The van der Waals surface area contributed by atoms with Gasteiger partial charge in [0.1, 0.15) is 5.52 Å². The van der Waals surface area contributed by atoms with E-state index in [0.29, 0.717) is 11.7 Å². The monoisotopic (exact) mass is 262 g/mol. The molecule has 3 rings (SSSR count). The lowest BCUT2D eigenvalue weighted by molar-refractivity contribution is 0.279. The van der Waals surface area contributed by atoms with Crippen LogP contribution in [0.15, 0.2) is 6.33 Å². The Balaban J connectivity index is 1.96. The minimum Gasteiger partial charge on any atom is -0.396 e. The Morgan fingerprint density at radius 2 is 2.37 bits per heavy atom. The maximum absolute atomic E-state index is 8.99. The molecule has 0 aromatic carbocycles. The van der Waals surface area contributed by atoms with Crippen LogP contribution in [0.3, 0.4) is 0 Å². The number of H-pyrrole nitrogens is 1. The van der Waals surface area contributed by atoms with Crippen LogP contribution in [-0.2, 0) is 0 Å². The van der Waals surface area contributed by atoms with Crippen LogP contribution < -0.4 is 10.6 Å². The largest absolute Gasteiger partial charge is 0.396 e. The van der Waals surface area contributed by atoms with Gasteiger partial charge in [-0.25, -0.2) is 4.98 Å². The van der Waals surface area contributed by atoms with E-state index in [0.717, 1.165) is 43.6 Å². The molecule has 19 heavy (non-hydrogen) atoms. The van der Waals surface area contributed by atoms with Gasteiger partial charge in [0.15, 0.2) is 11.5 Å². The lowest BCUT2D eigenvalue weighted by atomic mass is 10.1. The molecule has 1 fully saturated rings. The highest BCUT2D eigenvalue weighted by Gasteiger charge is 2.27. The average Bonchev–Trinajstić information content (AvgIpc) is 3.03. The number of nitrogens with two attached hydrogens (primary N) is 1. The molecule has 7 heteroatoms. The van der Waals surface area contributed by atoms with Crippen LogP contribution >= 0.6 is 0 Å². The second kappa shape index (κ2) is 5.00. The van der Waals surface area contributed by atoms with Crippen molar-refractivity contribution in [2.75, 3.05) is 23.8 Å². The topological polar surface area (TPSA) is 104 Å². The molecule has 1 unspecified atom stereocenters. The van der Waals surface area contributed by atoms with Gasteiger partial charge in [-0.3, -0.25) is 0 Å². The Morgan fingerprint density at radius 1 is 1.47 bits per heavy atom. The van der Waals surface area contributed by atoms with Gasteiger partial charge in [-0.2, -0.15) is 9.97 Å². The van der Waals surface area contributed by atoms with E-state index in [9.17, 15) is 0 Å². The van der Waals surface area contributed by atoms with Crippen LogP contribution in [0.2, 0.25) is 0 Å². The molecule has 7 nitrogen and oxygen atoms in total. The van der Waals surface area contributed by atoms with Crippen molar-refractivity contribution in [2.24, 2.45) is 0 Å². The van der Waals surface area contributed by atoms with Crippen LogP contribution in [0.25, 0.3) is 11.2 Å². The number of hydrogen-bond acceptors (Lipinski definition) is 6. The van der Waals surface area contributed by atoms with Crippen molar-refractivity contribution in [3.63, 3.8) is 0 Å². The zero-order valence-corrected chi connectivity index (χ0v) is 10.7. The van der Waals surface area contributed by atoms with E-state index in [1.807, 2.05) is 0 Å². The molecule has 0 spiro atoms. The molecular weight excluding hydrogens is 244 g/mol. The first-order valence-electron chi connectivity index (χ1n) is 6.63. The summed E-state index contributed by atoms with van der Waals surface area (Å²) in [5, 5.41) is 8.99. The summed E-state index contributed by atoms with van der Waals surface area (Å²) in [6.45, 7) is 1.19. The van der Waals surface area contributed by atoms with Crippen molar-refractivity contribution in [1.29, 1.82) is 0 Å². The fourth-order valence-electron chi connectivity index (χ4n) is 2.78. The second-order valence-electron chi connectivity index (χ2n) is 4.86. The van der Waals surface area contributed by atoms with Crippen LogP contribution in [-0.4, -0.2) is 44.2 Å². The van der Waals surface area contributed by atoms with Crippen molar-refractivity contribution < 1.29 is 5.11 Å². The number of aliphatic hydroxyl groups excluding tert-OH is 1. The minimum absolute atomic E-state index is 0.232. The van der Waals surface area contributed by atoms with E-state index in [2.05, 4.69) is 24.8 Å². The van der Waals surface area contributed by atoms with Gasteiger partial charge >= 0.3 is 0 Å². The fourth-order valence-corrected chi connectivity index (χ4v) is 2.78. The highest BCUT2D eigenvalue weighted by atomic mass is 16.2. The van der Waals surface area contributed by atoms with Crippen LogP contribution in [0.5, 0.6) is 0 Å². The van der Waals surface area contributed by atoms with Gasteiger partial charge in [-0.1, -0.05) is 0 Å². The zero-order valence-electron chi connectivity index (χ0n) is 10.7. The molecule has 1 aliphatic rings. The summed E-state index contributed by atoms with van der Waals surface area (Å²) < 4.78 is 0. The number of rotatable bonds is 4. The summed E-state index contributed by atoms with van der Waals surface area (Å²) in [4.78, 5) is 18.0. The summed E-state index contributed by atoms with van der Waals surface area (Å²) in [6.07, 6.45) is 5.65. The number of hydrogen-bond donors (Lipinski definition) is 3. The third kappa shape index (κ3) is 2.21. The fraction of sp³-hybridized carbons (Fsp3) is 0.583. The van der Waals surface area contributed by atoms with Gasteiger partial charge in [0, 0.05) is 19.2 Å². The first-order valence-corrected chi connectivity index (χ1v) is 6.63. The van der Waals surface area contributed by atoms with Gasteiger partial charge in [0.05, 0.1) is 6.33 Å². The third-order valence-corrected chi connectivity index (χ3v) is 3.63. The normalized spacial score (nSPS) is 19.4. The number of aromatic amines is 1. The highest BCUT2D eigenvalue weighted by molar-refractivity contribution is 5.84. The summed E-state index contributed by atoms with van der Waals surface area (Å²) in [5.41, 5.74) is 7.20. The van der Waals surface area contributed by atoms with Crippen LogP contribution in [0.4, 0.5) is 11.8 Å². The molecule has 102 valence electrons. The maximum atomic E-state index is 8.99. The molecule has 0 radical (unpaired) electrons. The quantitative estimate of drug-likeness (QED) is 0.748. The number of anilines is 2. The SMILES string of the molecule is Nc1nc(N2CCCC2CCCO)c2[nH]cnc2n1. The summed E-state index contributed by atoms with van der Waals surface area (Å²) in [7, 11) is 0. The molecule has 0 aliphatic carbocycles. The van der Waals surface area contributed by atoms with Crippen molar-refractivity contribution in [1.82, 2.24) is 19.9 Å². The Hall–Kier alpha value is -1.89. The van der Waals surface area contributed by atoms with Gasteiger partial charge in [0.2, 0.25) is 5.95 Å². The molecule has 0 bridgehead atoms. The van der Waals surface area contributed by atoms with Crippen LogP contribution in [0, 0.1) is 0 Å². The van der Waals surface area contributed by atoms with Crippen molar-refractivity contribution in [3.05, 3.63) is 6.33 Å². The molecule has 2 aromatic heterocycles. The first kappa shape index (κ1) is 12.2. The number of nitrogens with zero attached hydrogens (tertiary/aromatic N) is 4. The maximum Gasteiger partial charge on any atom is 0.224 e. The summed E-state index contributed by atoms with van der Waals surface area (Å²) in [5.74, 6) is 1.09. The van der Waals surface area contributed by atoms with E-state index < -0.39 is 0 Å². The summed E-state index contributed by atoms with van der Waals surface area (Å²) >= 11 is 0. The van der Waals surface area contributed by atoms with Crippen molar-refractivity contribution >= 4 is 22.9 Å². The molecule has 0 saturated carbocycles. The Labute approximate surface area is 110 Å². The highest BCUT2D eigenvalue weighted by Crippen LogP contribution is 2.30. The third-order valence-electron chi connectivity index (χ3n) is 3.63. The molecule has 4 N–H and O–H groups in total. The van der Waals surface area contributed by atoms with E-state index in [-0.39, 0.29) is 12.6 Å². The molecule has 2 aromatic rings. The predicted molar refractivity (Wildman–Crippen MR) is 72.8 cm³/mol. The van der Waals surface area contributed by atoms with E-state index in [1.54, 1.807) is 6.33 Å². The Kier molecular flexibility index (Phi) is 3.20. The standard InChI is InChI=1S/C12H18N6O/c13-12-16-10-9(14-7-15-10)11(17-12)18-5-1-3-8(18)4-2-6-19/h7-8,19H,1-6H2,(H3,13,14,15,16,17). The van der Waals surface area contributed by atoms with Gasteiger partial charge in [-0.05, 0) is 25.7 Å². The van der Waals surface area contributed by atoms with Gasteiger partial charge in [-0.15, -0.1) is 0 Å². The van der Waals surface area contributed by atoms with Gasteiger partial charge < -0.3 is 20.7 Å². The lowest BCUT2D eigenvalue weighted by Crippen LogP contribution is -2.30. The number of aromatic nitrogens is 4. The molecule has 1 saturated heterocycles. The predicted octanol–water partition coefficient (Wildman–Crippen LogP) is 0.676. The minimum atomic E-state index is 0.232. The number of imidazole rings is 1. The van der Waals surface area contributed by atoms with Crippen molar-refractivity contribution in [3.8, 4) is 0 Å². The van der Waals surface area contributed by atoms with E-state index in [1.165, 1.54) is 0 Å². The molecule has 1 atom stereocenters. The van der Waals surface area contributed by atoms with Crippen molar-refractivity contribution in [2.45, 2.75) is 31.7 Å². The number of aliphatic hydroxyl groups is 1. The van der Waals surface area contributed by atoms with E-state index in [4.69, 9.17) is 10.8 Å². The zero-order chi connectivity index (χ0) is 13.2. The molecule has 0 amide bonds. The van der Waals surface area contributed by atoms with E-state index >= 15 is 0 Å². The number of nitrogen functional groups attached to an aromatic ring is 1. The second-order valence-corrected chi connectivity index (χ2v) is 4.86. The number of fused-ring (bicyclic) bond motifs is 1. The average molecular weight is 262 g/mol. The molecule has 1 aliphatic heterocycles. The lowest BCUT2D eigenvalue weighted by Gasteiger charge is -2.25. The molecule has 3 heterocycles. The smallest absolute Gasteiger partial charge is 0.224 e. The Bertz CT molecular complexity index is 568. The number of nitrogens with one attached hydrogen (secondary N) is 1. The first-order chi connectivity index (χ1) is 9.29.